The smallest absolute Gasteiger partial charge is 0.329 e. The highest BCUT2D eigenvalue weighted by molar-refractivity contribution is 6.20. The number of carbonyl (C=O) groups excluding carboxylic acids is 3. The van der Waals surface area contributed by atoms with Gasteiger partial charge in [-0.3, -0.25) is 14.6 Å². The van der Waals surface area contributed by atoms with Gasteiger partial charge in [-0.2, -0.15) is 5.26 Å². The largest absolute Gasteiger partial charge is 0.339 e. The van der Waals surface area contributed by atoms with E-state index < -0.39 is 17.8 Å². The minimum absolute atomic E-state index is 0.190. The highest BCUT2D eigenvalue weighted by Gasteiger charge is 2.38. The Morgan fingerprint density at radius 2 is 1.83 bits per heavy atom. The lowest BCUT2D eigenvalue weighted by Gasteiger charge is -2.12. The standard InChI is InChI=1S/C16H9N3O4/c17-9-10-5-6-18-11(7-10)8-14(20)23-19-15(21)12-3-1-2-4-13(12)16(19)22/h1-7H,8H2. The third-order valence-electron chi connectivity index (χ3n) is 3.22. The van der Waals surface area contributed by atoms with Crippen molar-refractivity contribution < 1.29 is 19.2 Å². The summed E-state index contributed by atoms with van der Waals surface area (Å²) in [6, 6.07) is 11.1. The summed E-state index contributed by atoms with van der Waals surface area (Å²) >= 11 is 0. The van der Waals surface area contributed by atoms with Crippen LogP contribution in [0.2, 0.25) is 0 Å². The zero-order valence-corrected chi connectivity index (χ0v) is 11.7. The molecule has 7 nitrogen and oxygen atoms in total. The molecule has 0 radical (unpaired) electrons. The van der Waals surface area contributed by atoms with Gasteiger partial charge in [-0.25, -0.2) is 4.79 Å². The molecule has 0 bridgehead atoms. The topological polar surface area (TPSA) is 100 Å². The molecule has 112 valence electrons. The molecular weight excluding hydrogens is 298 g/mol. The van der Waals surface area contributed by atoms with Crippen molar-refractivity contribution in [3.63, 3.8) is 0 Å². The van der Waals surface area contributed by atoms with Crippen LogP contribution in [-0.2, 0) is 16.1 Å². The van der Waals surface area contributed by atoms with E-state index in [0.717, 1.165) is 0 Å². The van der Waals surface area contributed by atoms with Crippen LogP contribution >= 0.6 is 0 Å². The second kappa shape index (κ2) is 5.69. The number of benzene rings is 1. The van der Waals surface area contributed by atoms with Gasteiger partial charge in [-0.15, -0.1) is 0 Å². The van der Waals surface area contributed by atoms with Crippen LogP contribution < -0.4 is 0 Å². The summed E-state index contributed by atoms with van der Waals surface area (Å²) in [4.78, 5) is 44.9. The monoisotopic (exact) mass is 307 g/mol. The maximum atomic E-state index is 12.1. The van der Waals surface area contributed by atoms with Crippen LogP contribution in [-0.4, -0.2) is 27.8 Å². The lowest BCUT2D eigenvalue weighted by Crippen LogP contribution is -2.33. The molecule has 0 atom stereocenters. The van der Waals surface area contributed by atoms with E-state index in [2.05, 4.69) is 4.98 Å². The predicted octanol–water partition coefficient (Wildman–Crippen LogP) is 1.25. The van der Waals surface area contributed by atoms with Crippen molar-refractivity contribution in [3.05, 3.63) is 65.0 Å². The average molecular weight is 307 g/mol. The van der Waals surface area contributed by atoms with Gasteiger partial charge >= 0.3 is 5.97 Å². The Labute approximate surface area is 130 Å². The quantitative estimate of drug-likeness (QED) is 0.791. The molecule has 3 rings (SSSR count). The second-order valence-corrected chi connectivity index (χ2v) is 4.74. The Balaban J connectivity index is 1.73. The predicted molar refractivity (Wildman–Crippen MR) is 75.7 cm³/mol. The summed E-state index contributed by atoms with van der Waals surface area (Å²) < 4.78 is 0. The molecule has 1 aliphatic heterocycles. The van der Waals surface area contributed by atoms with Crippen molar-refractivity contribution in [3.8, 4) is 6.07 Å². The van der Waals surface area contributed by atoms with Crippen LogP contribution in [0.5, 0.6) is 0 Å². The molecule has 2 amide bonds. The number of rotatable bonds is 3. The molecule has 1 aromatic carbocycles. The number of nitriles is 1. The van der Waals surface area contributed by atoms with E-state index in [1.165, 1.54) is 30.5 Å². The first-order valence-electron chi connectivity index (χ1n) is 6.64. The summed E-state index contributed by atoms with van der Waals surface area (Å²) in [6.07, 6.45) is 1.13. The Kier molecular flexibility index (Phi) is 3.57. The molecule has 2 aromatic rings. The number of imide groups is 1. The molecule has 0 saturated carbocycles. The number of carbonyl (C=O) groups is 3. The van der Waals surface area contributed by atoms with Gasteiger partial charge in [-0.1, -0.05) is 17.2 Å². The third-order valence-corrected chi connectivity index (χ3v) is 3.22. The molecule has 0 N–H and O–H groups in total. The number of pyridine rings is 1. The van der Waals surface area contributed by atoms with Crippen molar-refractivity contribution in [2.45, 2.75) is 6.42 Å². The van der Waals surface area contributed by atoms with Crippen LogP contribution in [0, 0.1) is 11.3 Å². The van der Waals surface area contributed by atoms with Gasteiger partial charge in [0, 0.05) is 6.20 Å². The summed E-state index contributed by atoms with van der Waals surface area (Å²) in [6.45, 7) is 0. The molecular formula is C16H9N3O4. The van der Waals surface area contributed by atoms with Gasteiger partial charge in [-0.05, 0) is 24.3 Å². The molecule has 0 aliphatic carbocycles. The van der Waals surface area contributed by atoms with Crippen LogP contribution in [0.25, 0.3) is 0 Å². The van der Waals surface area contributed by atoms with Crippen molar-refractivity contribution >= 4 is 17.8 Å². The number of amides is 2. The van der Waals surface area contributed by atoms with Crippen molar-refractivity contribution in [1.29, 1.82) is 5.26 Å². The van der Waals surface area contributed by atoms with Crippen molar-refractivity contribution in [1.82, 2.24) is 10.0 Å². The summed E-state index contributed by atoms with van der Waals surface area (Å²) in [5, 5.41) is 9.25. The molecule has 1 aliphatic rings. The first-order chi connectivity index (χ1) is 11.1. The summed E-state index contributed by atoms with van der Waals surface area (Å²) in [5.41, 5.74) is 1.04. The SMILES string of the molecule is N#Cc1ccnc(CC(=O)ON2C(=O)c3ccccc3C2=O)c1. The Hall–Kier alpha value is -3.53. The van der Waals surface area contributed by atoms with Gasteiger partial charge < -0.3 is 4.84 Å². The molecule has 1 aromatic heterocycles. The van der Waals surface area contributed by atoms with E-state index in [1.807, 2.05) is 6.07 Å². The van der Waals surface area contributed by atoms with Crippen molar-refractivity contribution in [2.24, 2.45) is 0 Å². The fraction of sp³-hybridized carbons (Fsp3) is 0.0625. The summed E-state index contributed by atoms with van der Waals surface area (Å²) in [5.74, 6) is -2.18. The molecule has 2 heterocycles. The minimum Gasteiger partial charge on any atom is -0.329 e. The van der Waals surface area contributed by atoms with Crippen LogP contribution in [0.3, 0.4) is 0 Å². The van der Waals surface area contributed by atoms with E-state index in [1.54, 1.807) is 12.1 Å². The average Bonchev–Trinajstić information content (AvgIpc) is 2.80. The number of aromatic nitrogens is 1. The maximum Gasteiger partial charge on any atom is 0.339 e. The number of nitrogens with zero attached hydrogens (tertiary/aromatic N) is 3. The lowest BCUT2D eigenvalue weighted by atomic mass is 10.1. The molecule has 7 heteroatoms. The van der Waals surface area contributed by atoms with Gasteiger partial charge in [0.1, 0.15) is 0 Å². The molecule has 0 spiro atoms. The van der Waals surface area contributed by atoms with Crippen LogP contribution in [0.1, 0.15) is 32.0 Å². The fourth-order valence-corrected chi connectivity index (χ4v) is 2.18. The Morgan fingerprint density at radius 3 is 2.43 bits per heavy atom. The summed E-state index contributed by atoms with van der Waals surface area (Å²) in [7, 11) is 0. The van der Waals surface area contributed by atoms with Crippen LogP contribution in [0.15, 0.2) is 42.6 Å². The molecule has 23 heavy (non-hydrogen) atoms. The lowest BCUT2D eigenvalue weighted by molar-refractivity contribution is -0.167. The Bertz CT molecular complexity index is 835. The van der Waals surface area contributed by atoms with Gasteiger partial charge in [0.15, 0.2) is 0 Å². The van der Waals surface area contributed by atoms with Gasteiger partial charge in [0.2, 0.25) is 0 Å². The number of hydrogen-bond donors (Lipinski definition) is 0. The highest BCUT2D eigenvalue weighted by Crippen LogP contribution is 2.22. The Morgan fingerprint density at radius 1 is 1.17 bits per heavy atom. The zero-order chi connectivity index (χ0) is 16.4. The molecule has 0 fully saturated rings. The first kappa shape index (κ1) is 14.4. The highest BCUT2D eigenvalue weighted by atomic mass is 16.7. The van der Waals surface area contributed by atoms with E-state index in [0.29, 0.717) is 16.3 Å². The second-order valence-electron chi connectivity index (χ2n) is 4.74. The van der Waals surface area contributed by atoms with Gasteiger partial charge in [0.05, 0.1) is 34.9 Å². The number of hydroxylamine groups is 2. The number of hydrogen-bond acceptors (Lipinski definition) is 6. The van der Waals surface area contributed by atoms with E-state index in [4.69, 9.17) is 10.1 Å². The van der Waals surface area contributed by atoms with Crippen molar-refractivity contribution in [2.75, 3.05) is 0 Å². The van der Waals surface area contributed by atoms with E-state index in [9.17, 15) is 14.4 Å². The fourth-order valence-electron chi connectivity index (χ4n) is 2.18. The number of fused-ring (bicyclic) bond motifs is 1. The third kappa shape index (κ3) is 2.65. The molecule has 0 saturated heterocycles. The van der Waals surface area contributed by atoms with E-state index in [-0.39, 0.29) is 17.5 Å². The zero-order valence-electron chi connectivity index (χ0n) is 11.7. The van der Waals surface area contributed by atoms with Crippen LogP contribution in [0.4, 0.5) is 0 Å². The van der Waals surface area contributed by atoms with E-state index >= 15 is 0 Å². The first-order valence-corrected chi connectivity index (χ1v) is 6.64. The van der Waals surface area contributed by atoms with Gasteiger partial charge in [0.25, 0.3) is 11.8 Å². The molecule has 0 unspecified atom stereocenters. The normalized spacial score (nSPS) is 12.7. The maximum absolute atomic E-state index is 12.1. The minimum atomic E-state index is -0.818.